The molecule has 562 valence electrons. The predicted octanol–water partition coefficient (Wildman–Crippen LogP) is 5.84. The van der Waals surface area contributed by atoms with Gasteiger partial charge in [0.05, 0.1) is 32.5 Å². The third-order valence-electron chi connectivity index (χ3n) is 19.0. The topological polar surface area (TPSA) is 297 Å². The summed E-state index contributed by atoms with van der Waals surface area (Å²) in [6.07, 6.45) is 2.83. The number of nitrogens with zero attached hydrogens (tertiary/aromatic N) is 7. The SMILES string of the molecule is C=C(COC[C@H]1NC(=O)[C@H](C)NC(=O)[C@H](CC(C)C)N(C)C(=O)[C@H](C(C)C)NC(=O)[C@H](CC(C)C)N(C)C(=O)CN(C)C(=O)[C@H](CC)NC(=O)[C@H]([C@H](O)[C@H](C)C/C=C/C)N(C)C(=O)[C@H](C(C)C)N(C)C(=O)[C@H](CC(C)C)N(C)C(=O)[C@H](CC(C)C)N(C)C1=O)CO[Si](C)(C)C(C)(C)C. The first-order chi connectivity index (χ1) is 45.0. The number of likely N-dealkylation sites (N-methyl/N-ethyl adjacent to an activating group) is 7. The number of carbonyl (C=O) groups is 11. The van der Waals surface area contributed by atoms with E-state index < -0.39 is 171 Å². The first-order valence-electron chi connectivity index (χ1n) is 35.3. The molecule has 11 amide bonds. The minimum absolute atomic E-state index is 0.00960. The van der Waals surface area contributed by atoms with Crippen molar-refractivity contribution >= 4 is 73.3 Å². The van der Waals surface area contributed by atoms with E-state index >= 15 is 19.2 Å². The molecule has 1 aliphatic rings. The number of aliphatic hydroxyl groups is 1. The molecule has 0 radical (unpaired) electrons. The molecule has 5 N–H and O–H groups in total. The molecule has 26 heteroatoms. The molecule has 1 fully saturated rings. The van der Waals surface area contributed by atoms with Crippen molar-refractivity contribution in [3.8, 4) is 0 Å². The number of aliphatic hydroxyl groups excluding tert-OH is 1. The number of allylic oxidation sites excluding steroid dienone is 2. The van der Waals surface area contributed by atoms with Crippen molar-refractivity contribution in [2.75, 3.05) is 75.7 Å². The van der Waals surface area contributed by atoms with Crippen molar-refractivity contribution in [1.82, 2.24) is 55.6 Å². The molecule has 25 nitrogen and oxygen atoms in total. The predicted molar refractivity (Wildman–Crippen MR) is 386 cm³/mol. The molecule has 0 bridgehead atoms. The summed E-state index contributed by atoms with van der Waals surface area (Å²) in [6, 6.07) is -13.1. The lowest BCUT2D eigenvalue weighted by atomic mass is 9.91. The van der Waals surface area contributed by atoms with Gasteiger partial charge in [0.25, 0.3) is 0 Å². The van der Waals surface area contributed by atoms with E-state index in [1.807, 2.05) is 55.4 Å². The van der Waals surface area contributed by atoms with Crippen molar-refractivity contribution in [2.24, 2.45) is 41.4 Å². The molecule has 0 aromatic heterocycles. The van der Waals surface area contributed by atoms with E-state index in [2.05, 4.69) is 61.7 Å². The van der Waals surface area contributed by atoms with Gasteiger partial charge in [-0.25, -0.2) is 0 Å². The van der Waals surface area contributed by atoms with Gasteiger partial charge in [-0.2, -0.15) is 0 Å². The molecule has 0 unspecified atom stereocenters. The van der Waals surface area contributed by atoms with Gasteiger partial charge in [-0.05, 0) is 118 Å². The standard InChI is InChI=1S/C72H131N11O14Si/c1-30-32-33-49(16)61(85)60-65(89)74-51(31-2)66(90)77(21)38-57(84)78(22)53(34-42(3)4)64(88)76-58(46(11)12)70(94)79(23)54(35-43(5)6)63(87)73-50(17)62(86)75-52(41-96-39-48(15)40-97-98(28,29)72(18,19)20)67(91)80(24)55(36-44(7)8)68(92)81(25)56(37-45(9)10)69(93)82(26)59(47(13)14)71(95)83(60)27/h30,32,42-47,49-56,58-61,85H,15,31,33-41H2,1-14,16-29H3,(H,73,87)(H,74,89)(H,75,86)(H,76,88)/b32-30+/t49-,50+,51+,52-,53+,54+,55+,56+,58+,59+,60+,61-/m1/s1. The zero-order valence-corrected chi connectivity index (χ0v) is 66.2. The Morgan fingerprint density at radius 1 is 0.551 bits per heavy atom. The van der Waals surface area contributed by atoms with Crippen LogP contribution in [0.4, 0.5) is 0 Å². The summed E-state index contributed by atoms with van der Waals surface area (Å²) >= 11 is 0. The quantitative estimate of drug-likeness (QED) is 0.0629. The highest BCUT2D eigenvalue weighted by Gasteiger charge is 2.46. The van der Waals surface area contributed by atoms with Crippen LogP contribution in [0, 0.1) is 41.4 Å². The monoisotopic (exact) mass is 1400 g/mol. The van der Waals surface area contributed by atoms with Crippen molar-refractivity contribution in [1.29, 1.82) is 0 Å². The second-order valence-corrected chi connectivity index (χ2v) is 36.0. The number of hydrogen-bond acceptors (Lipinski definition) is 14. The lowest BCUT2D eigenvalue weighted by molar-refractivity contribution is -0.157. The zero-order valence-electron chi connectivity index (χ0n) is 65.2. The number of carbonyl (C=O) groups excluding carboxylic acids is 11. The van der Waals surface area contributed by atoms with Gasteiger partial charge in [0.1, 0.15) is 60.4 Å². The highest BCUT2D eigenvalue weighted by molar-refractivity contribution is 6.74. The lowest BCUT2D eigenvalue weighted by Gasteiger charge is -2.41. The minimum Gasteiger partial charge on any atom is -0.413 e. The first-order valence-corrected chi connectivity index (χ1v) is 38.2. The Morgan fingerprint density at radius 2 is 0.990 bits per heavy atom. The minimum atomic E-state index is -2.23. The molecular weight excluding hydrogens is 1270 g/mol. The van der Waals surface area contributed by atoms with Crippen LogP contribution in [0.1, 0.15) is 170 Å². The van der Waals surface area contributed by atoms with Crippen LogP contribution >= 0.6 is 0 Å². The Labute approximate surface area is 589 Å². The van der Waals surface area contributed by atoms with E-state index in [1.54, 1.807) is 60.6 Å². The van der Waals surface area contributed by atoms with Gasteiger partial charge in [0.2, 0.25) is 65.0 Å². The lowest BCUT2D eigenvalue weighted by Crippen LogP contribution is -2.63. The van der Waals surface area contributed by atoms with E-state index in [1.165, 1.54) is 80.8 Å². The van der Waals surface area contributed by atoms with Gasteiger partial charge in [0, 0.05) is 49.3 Å². The van der Waals surface area contributed by atoms with E-state index in [0.29, 0.717) is 12.0 Å². The Balaban J connectivity index is 4.51. The van der Waals surface area contributed by atoms with Crippen LogP contribution in [0.3, 0.4) is 0 Å². The normalized spacial score (nSPS) is 25.3. The third kappa shape index (κ3) is 26.0. The van der Waals surface area contributed by atoms with Gasteiger partial charge in [0.15, 0.2) is 8.32 Å². The Hall–Kier alpha value is -6.25. The second kappa shape index (κ2) is 40.3. The maximum absolute atomic E-state index is 15.4. The molecule has 1 rings (SSSR count). The summed E-state index contributed by atoms with van der Waals surface area (Å²) in [7, 11) is 7.66. The molecule has 0 saturated carbocycles. The number of nitrogens with one attached hydrogen (secondary N) is 4. The molecule has 0 spiro atoms. The van der Waals surface area contributed by atoms with Crippen molar-refractivity contribution in [3.63, 3.8) is 0 Å². The zero-order chi connectivity index (χ0) is 76.1. The molecule has 12 atom stereocenters. The average molecular weight is 1400 g/mol. The van der Waals surface area contributed by atoms with E-state index in [-0.39, 0.29) is 74.0 Å². The third-order valence-corrected chi connectivity index (χ3v) is 23.5. The van der Waals surface area contributed by atoms with Gasteiger partial charge in [-0.15, -0.1) is 0 Å². The van der Waals surface area contributed by atoms with E-state index in [9.17, 15) is 38.7 Å². The van der Waals surface area contributed by atoms with Crippen molar-refractivity contribution in [3.05, 3.63) is 24.3 Å². The summed E-state index contributed by atoms with van der Waals surface area (Å²) in [5.74, 6) is -10.4. The van der Waals surface area contributed by atoms with Gasteiger partial charge < -0.3 is 69.8 Å². The van der Waals surface area contributed by atoms with Crippen LogP contribution in [0.25, 0.3) is 0 Å². The number of hydrogen-bond donors (Lipinski definition) is 5. The fraction of sp³-hybridized carbons (Fsp3) is 0.792. The summed E-state index contributed by atoms with van der Waals surface area (Å²) in [5, 5.41) is 23.3. The molecule has 0 aromatic carbocycles. The Bertz CT molecular complexity index is 2730. The maximum atomic E-state index is 15.4. The Kier molecular flexibility index (Phi) is 36.9. The molecule has 0 aliphatic carbocycles. The van der Waals surface area contributed by atoms with Gasteiger partial charge in [-0.3, -0.25) is 52.7 Å². The van der Waals surface area contributed by atoms with Crippen LogP contribution < -0.4 is 21.3 Å². The smallest absolute Gasteiger partial charge is 0.247 e. The number of ether oxygens (including phenoxy) is 1. The van der Waals surface area contributed by atoms with E-state index in [0.717, 1.165) is 9.80 Å². The fourth-order valence-electron chi connectivity index (χ4n) is 11.6. The number of rotatable bonds is 22. The van der Waals surface area contributed by atoms with Crippen LogP contribution in [0.15, 0.2) is 24.3 Å². The Morgan fingerprint density at radius 3 is 1.45 bits per heavy atom. The van der Waals surface area contributed by atoms with Gasteiger partial charge in [-0.1, -0.05) is 136 Å². The van der Waals surface area contributed by atoms with Gasteiger partial charge >= 0.3 is 0 Å². The molecule has 1 heterocycles. The van der Waals surface area contributed by atoms with Crippen LogP contribution in [0.5, 0.6) is 0 Å². The molecule has 0 aromatic rings. The van der Waals surface area contributed by atoms with E-state index in [4.69, 9.17) is 9.16 Å². The summed E-state index contributed by atoms with van der Waals surface area (Å²) in [4.78, 5) is 172. The van der Waals surface area contributed by atoms with Crippen molar-refractivity contribution < 1.29 is 67.0 Å². The van der Waals surface area contributed by atoms with Crippen LogP contribution in [0.2, 0.25) is 18.1 Å². The van der Waals surface area contributed by atoms with Crippen LogP contribution in [-0.2, 0) is 61.9 Å². The average Bonchev–Trinajstić information content (AvgIpc) is 0.802. The largest absolute Gasteiger partial charge is 0.413 e. The summed E-state index contributed by atoms with van der Waals surface area (Å²) in [6.45, 7) is 42.2. The molecule has 1 saturated heterocycles. The summed E-state index contributed by atoms with van der Waals surface area (Å²) in [5.41, 5.74) is 0.561. The summed E-state index contributed by atoms with van der Waals surface area (Å²) < 4.78 is 12.6. The molecular formula is C72H131N11O14Si. The maximum Gasteiger partial charge on any atom is 0.247 e. The molecule has 98 heavy (non-hydrogen) atoms. The van der Waals surface area contributed by atoms with Crippen molar-refractivity contribution in [2.45, 2.75) is 255 Å². The highest BCUT2D eigenvalue weighted by Crippen LogP contribution is 2.37. The van der Waals surface area contributed by atoms with Crippen LogP contribution in [-0.4, -0.2) is 255 Å². The first kappa shape index (κ1) is 89.8. The number of amides is 11. The molecule has 1 aliphatic heterocycles. The second-order valence-electron chi connectivity index (χ2n) is 31.2. The highest BCUT2D eigenvalue weighted by atomic mass is 28.4. The fourth-order valence-corrected chi connectivity index (χ4v) is 12.6.